The molecule has 3 aromatic rings. The van der Waals surface area contributed by atoms with Gasteiger partial charge in [-0.25, -0.2) is 4.98 Å². The molecule has 0 bridgehead atoms. The minimum atomic E-state index is -2.99. The van der Waals surface area contributed by atoms with Crippen LogP contribution in [0.15, 0.2) is 42.6 Å². The molecular weight excluding hydrogens is 504 g/mol. The molecule has 12 heteroatoms. The van der Waals surface area contributed by atoms with E-state index < -0.39 is 6.61 Å². The Kier molecular flexibility index (Phi) is 8.91. The van der Waals surface area contributed by atoms with Crippen LogP contribution < -0.4 is 30.9 Å². The Morgan fingerprint density at radius 3 is 2.86 bits per heavy atom. The molecule has 2 aromatic carbocycles. The van der Waals surface area contributed by atoms with Crippen molar-refractivity contribution in [1.29, 1.82) is 0 Å². The zero-order valence-corrected chi connectivity index (χ0v) is 21.0. The maximum Gasteiger partial charge on any atom is 0.387 e. The second-order valence-corrected chi connectivity index (χ2v) is 8.79. The fourth-order valence-corrected chi connectivity index (χ4v) is 4.17. The highest BCUT2D eigenvalue weighted by Gasteiger charge is 2.17. The first kappa shape index (κ1) is 26.4. The van der Waals surface area contributed by atoms with E-state index in [0.717, 1.165) is 55.1 Å². The molecular formula is C25H28ClF2N7O2. The minimum Gasteiger partial charge on any atom is -0.433 e. The number of halogens is 3. The van der Waals surface area contributed by atoms with Crippen LogP contribution in [0.3, 0.4) is 0 Å². The normalized spacial score (nSPS) is 13.7. The summed E-state index contributed by atoms with van der Waals surface area (Å²) in [7, 11) is 0. The Bertz CT molecular complexity index is 1220. The number of anilines is 5. The smallest absolute Gasteiger partial charge is 0.387 e. The van der Waals surface area contributed by atoms with E-state index in [1.165, 1.54) is 6.20 Å². The highest BCUT2D eigenvalue weighted by atomic mass is 35.5. The number of nitrogens with zero attached hydrogens (tertiary/aromatic N) is 3. The monoisotopic (exact) mass is 531 g/mol. The van der Waals surface area contributed by atoms with E-state index in [2.05, 4.69) is 36.1 Å². The largest absolute Gasteiger partial charge is 0.433 e. The number of amides is 1. The van der Waals surface area contributed by atoms with Crippen LogP contribution in [0.25, 0.3) is 0 Å². The molecule has 0 aliphatic carbocycles. The second-order valence-electron chi connectivity index (χ2n) is 8.38. The first-order valence-corrected chi connectivity index (χ1v) is 12.2. The quantitative estimate of drug-likeness (QED) is 0.282. The van der Waals surface area contributed by atoms with Gasteiger partial charge in [-0.15, -0.1) is 0 Å². The van der Waals surface area contributed by atoms with E-state index in [-0.39, 0.29) is 16.7 Å². The van der Waals surface area contributed by atoms with Gasteiger partial charge in [0.05, 0.1) is 11.9 Å². The van der Waals surface area contributed by atoms with Crippen LogP contribution in [0.4, 0.5) is 37.6 Å². The molecule has 196 valence electrons. The average Bonchev–Trinajstić information content (AvgIpc) is 3.17. The van der Waals surface area contributed by atoms with Gasteiger partial charge in [0.25, 0.3) is 0 Å². The van der Waals surface area contributed by atoms with E-state index in [9.17, 15) is 13.6 Å². The Balaban J connectivity index is 1.57. The lowest BCUT2D eigenvalue weighted by molar-refractivity contribution is -0.109. The summed E-state index contributed by atoms with van der Waals surface area (Å²) in [4.78, 5) is 21.4. The molecule has 1 aromatic heterocycles. The zero-order valence-electron chi connectivity index (χ0n) is 20.2. The predicted molar refractivity (Wildman–Crippen MR) is 140 cm³/mol. The first-order chi connectivity index (χ1) is 17.9. The second kappa shape index (κ2) is 12.5. The van der Waals surface area contributed by atoms with Gasteiger partial charge in [0.2, 0.25) is 12.4 Å². The van der Waals surface area contributed by atoms with Crippen LogP contribution in [-0.2, 0) is 11.3 Å². The van der Waals surface area contributed by atoms with Gasteiger partial charge in [-0.3, -0.25) is 4.79 Å². The highest BCUT2D eigenvalue weighted by molar-refractivity contribution is 6.32. The Labute approximate surface area is 218 Å². The van der Waals surface area contributed by atoms with Gasteiger partial charge in [-0.1, -0.05) is 23.7 Å². The lowest BCUT2D eigenvalue weighted by atomic mass is 10.1. The molecule has 9 nitrogen and oxygen atoms in total. The number of aromatic nitrogens is 2. The van der Waals surface area contributed by atoms with E-state index in [1.54, 1.807) is 12.1 Å². The van der Waals surface area contributed by atoms with Crippen LogP contribution in [-0.4, -0.2) is 49.2 Å². The molecule has 1 aliphatic heterocycles. The molecule has 1 aliphatic rings. The number of carbonyl (C=O) groups is 1. The molecule has 1 amide bonds. The fourth-order valence-electron chi connectivity index (χ4n) is 4.03. The molecule has 0 unspecified atom stereocenters. The summed E-state index contributed by atoms with van der Waals surface area (Å²) < 4.78 is 31.3. The molecule has 37 heavy (non-hydrogen) atoms. The first-order valence-electron chi connectivity index (χ1n) is 11.8. The van der Waals surface area contributed by atoms with Crippen molar-refractivity contribution in [1.82, 2.24) is 20.6 Å². The van der Waals surface area contributed by atoms with Crippen molar-refractivity contribution in [3.8, 4) is 5.75 Å². The lowest BCUT2D eigenvalue weighted by Crippen LogP contribution is -2.27. The molecule has 0 saturated carbocycles. The molecule has 1 saturated heterocycles. The Morgan fingerprint density at radius 1 is 1.19 bits per heavy atom. The van der Waals surface area contributed by atoms with Crippen molar-refractivity contribution in [3.05, 3.63) is 58.7 Å². The van der Waals surface area contributed by atoms with Gasteiger partial charge in [-0.05, 0) is 49.2 Å². The Hall–Kier alpha value is -3.70. The number of rotatable bonds is 10. The van der Waals surface area contributed by atoms with Crippen LogP contribution in [0, 0.1) is 6.92 Å². The summed E-state index contributed by atoms with van der Waals surface area (Å²) in [5, 5.41) is 12.4. The van der Waals surface area contributed by atoms with E-state index >= 15 is 0 Å². The van der Waals surface area contributed by atoms with Crippen LogP contribution in [0.1, 0.15) is 17.5 Å². The SMILES string of the molecule is Cc1c(CNC=O)cccc1Nc1nc(Nc2ccc(N3CCCNCC3)cc2OC(F)F)ncc1Cl. The predicted octanol–water partition coefficient (Wildman–Crippen LogP) is 4.57. The van der Waals surface area contributed by atoms with Crippen molar-refractivity contribution >= 4 is 46.8 Å². The molecule has 4 rings (SSSR count). The summed E-state index contributed by atoms with van der Waals surface area (Å²) in [6.45, 7) is 2.61. The number of nitrogens with one attached hydrogen (secondary N) is 4. The van der Waals surface area contributed by atoms with Crippen molar-refractivity contribution < 1.29 is 18.3 Å². The molecule has 1 fully saturated rings. The maximum absolute atomic E-state index is 13.2. The summed E-state index contributed by atoms with van der Waals surface area (Å²) >= 11 is 6.34. The summed E-state index contributed by atoms with van der Waals surface area (Å²) in [5.74, 6) is 0.464. The summed E-state index contributed by atoms with van der Waals surface area (Å²) in [6, 6.07) is 10.7. The number of hydrogen-bond donors (Lipinski definition) is 4. The number of benzene rings is 2. The van der Waals surface area contributed by atoms with Gasteiger partial charge in [0.1, 0.15) is 5.02 Å². The molecule has 0 spiro atoms. The number of alkyl halides is 2. The summed E-state index contributed by atoms with van der Waals surface area (Å²) in [5.41, 5.74) is 3.67. The van der Waals surface area contributed by atoms with Crippen molar-refractivity contribution in [3.63, 3.8) is 0 Å². The standard InChI is InChI=1S/C25H28ClF2N7O2/c1-16-17(13-30-15-36)4-2-5-20(16)32-23-19(26)14-31-25(34-23)33-21-7-6-18(12-22(21)37-24(27)28)35-10-3-8-29-9-11-35/h2,4-7,12,14-15,24,29H,3,8-11,13H2,1H3,(H,30,36)(H2,31,32,33,34). The third kappa shape index (κ3) is 6.95. The van der Waals surface area contributed by atoms with Crippen LogP contribution in [0.2, 0.25) is 5.02 Å². The Morgan fingerprint density at radius 2 is 2.05 bits per heavy atom. The topological polar surface area (TPSA) is 103 Å². The number of carbonyl (C=O) groups excluding carboxylic acids is 1. The van der Waals surface area contributed by atoms with Gasteiger partial charge in [-0.2, -0.15) is 13.8 Å². The van der Waals surface area contributed by atoms with E-state index in [4.69, 9.17) is 16.3 Å². The van der Waals surface area contributed by atoms with Gasteiger partial charge >= 0.3 is 6.61 Å². The van der Waals surface area contributed by atoms with Crippen LogP contribution >= 0.6 is 11.6 Å². The molecule has 0 radical (unpaired) electrons. The minimum absolute atomic E-state index is 0.0102. The maximum atomic E-state index is 13.2. The zero-order chi connectivity index (χ0) is 26.2. The number of hydrogen-bond acceptors (Lipinski definition) is 8. The van der Waals surface area contributed by atoms with Crippen molar-refractivity contribution in [2.45, 2.75) is 26.5 Å². The number of ether oxygens (including phenoxy) is 1. The molecule has 2 heterocycles. The third-order valence-corrected chi connectivity index (χ3v) is 6.23. The van der Waals surface area contributed by atoms with E-state index in [1.807, 2.05) is 31.2 Å². The average molecular weight is 532 g/mol. The van der Waals surface area contributed by atoms with E-state index in [0.29, 0.717) is 24.5 Å². The van der Waals surface area contributed by atoms with Crippen molar-refractivity contribution in [2.24, 2.45) is 0 Å². The van der Waals surface area contributed by atoms with Gasteiger partial charge in [0, 0.05) is 43.6 Å². The van der Waals surface area contributed by atoms with Crippen molar-refractivity contribution in [2.75, 3.05) is 41.7 Å². The molecule has 4 N–H and O–H groups in total. The molecule has 0 atom stereocenters. The fraction of sp³-hybridized carbons (Fsp3) is 0.320. The summed E-state index contributed by atoms with van der Waals surface area (Å²) in [6.07, 6.45) is 3.01. The van der Waals surface area contributed by atoms with Gasteiger partial charge < -0.3 is 30.9 Å². The van der Waals surface area contributed by atoms with Gasteiger partial charge in [0.15, 0.2) is 11.6 Å². The third-order valence-electron chi connectivity index (χ3n) is 5.95. The lowest BCUT2D eigenvalue weighted by Gasteiger charge is -2.24. The van der Waals surface area contributed by atoms with Crippen LogP contribution in [0.5, 0.6) is 5.75 Å². The highest BCUT2D eigenvalue weighted by Crippen LogP contribution is 2.34.